The quantitative estimate of drug-likeness (QED) is 0.800. The predicted octanol–water partition coefficient (Wildman–Crippen LogP) is 3.43. The van der Waals surface area contributed by atoms with Crippen molar-refractivity contribution < 1.29 is 14.3 Å². The van der Waals surface area contributed by atoms with Crippen LogP contribution in [0.5, 0.6) is 0 Å². The molecule has 132 valence electrons. The van der Waals surface area contributed by atoms with Gasteiger partial charge in [-0.3, -0.25) is 9.78 Å². The summed E-state index contributed by atoms with van der Waals surface area (Å²) in [5.41, 5.74) is 0.983. The number of carbonyl (C=O) groups is 2. The van der Waals surface area contributed by atoms with Gasteiger partial charge in [0.1, 0.15) is 0 Å². The molecule has 5 nitrogen and oxygen atoms in total. The molecule has 25 heavy (non-hydrogen) atoms. The number of aromatic nitrogens is 1. The van der Waals surface area contributed by atoms with Gasteiger partial charge in [-0.2, -0.15) is 0 Å². The van der Waals surface area contributed by atoms with Crippen molar-refractivity contribution in [2.75, 3.05) is 13.7 Å². The summed E-state index contributed by atoms with van der Waals surface area (Å²) in [6.45, 7) is 2.02. The first-order valence-corrected chi connectivity index (χ1v) is 8.83. The number of hydrogen-bond acceptors (Lipinski definition) is 4. The van der Waals surface area contributed by atoms with Gasteiger partial charge in [-0.15, -0.1) is 0 Å². The van der Waals surface area contributed by atoms with E-state index in [1.807, 2.05) is 18.2 Å². The van der Waals surface area contributed by atoms with E-state index in [4.69, 9.17) is 4.74 Å². The molecular weight excluding hydrogens is 316 g/mol. The molecule has 0 N–H and O–H groups in total. The Morgan fingerprint density at radius 2 is 1.88 bits per heavy atom. The van der Waals surface area contributed by atoms with Crippen LogP contribution in [0.2, 0.25) is 0 Å². The highest BCUT2D eigenvalue weighted by atomic mass is 16.5. The number of benzene rings is 1. The van der Waals surface area contributed by atoms with Gasteiger partial charge in [0.2, 0.25) is 0 Å². The second-order valence-corrected chi connectivity index (χ2v) is 6.88. The van der Waals surface area contributed by atoms with Crippen LogP contribution in [0.4, 0.5) is 0 Å². The second-order valence-electron chi connectivity index (χ2n) is 6.88. The Morgan fingerprint density at radius 3 is 2.64 bits per heavy atom. The SMILES string of the molecule is CC1CCC(N(C)C(=O)COC(=O)c2cccc3cccnc23)CC1. The minimum absolute atomic E-state index is 0.152. The maximum Gasteiger partial charge on any atom is 0.340 e. The number of carbonyl (C=O) groups excluding carboxylic acids is 2. The molecule has 0 saturated heterocycles. The lowest BCUT2D eigenvalue weighted by Crippen LogP contribution is -2.41. The Balaban J connectivity index is 1.60. The molecule has 1 aromatic heterocycles. The number of hydrogen-bond donors (Lipinski definition) is 0. The molecule has 1 heterocycles. The molecule has 0 unspecified atom stereocenters. The Kier molecular flexibility index (Phi) is 5.31. The van der Waals surface area contributed by atoms with Crippen LogP contribution in [0.25, 0.3) is 10.9 Å². The predicted molar refractivity (Wildman–Crippen MR) is 96.2 cm³/mol. The Bertz CT molecular complexity index is 761. The Morgan fingerprint density at radius 1 is 1.16 bits per heavy atom. The van der Waals surface area contributed by atoms with E-state index >= 15 is 0 Å². The van der Waals surface area contributed by atoms with Crippen molar-refractivity contribution in [2.45, 2.75) is 38.6 Å². The van der Waals surface area contributed by atoms with E-state index in [-0.39, 0.29) is 18.6 Å². The number of esters is 1. The molecule has 1 saturated carbocycles. The second kappa shape index (κ2) is 7.64. The van der Waals surface area contributed by atoms with Gasteiger partial charge < -0.3 is 9.64 Å². The first-order chi connectivity index (χ1) is 12.1. The third-order valence-electron chi connectivity index (χ3n) is 5.11. The monoisotopic (exact) mass is 340 g/mol. The Hall–Kier alpha value is -2.43. The average Bonchev–Trinajstić information content (AvgIpc) is 2.65. The minimum Gasteiger partial charge on any atom is -0.452 e. The van der Waals surface area contributed by atoms with Gasteiger partial charge in [0.25, 0.3) is 5.91 Å². The Labute approximate surface area is 148 Å². The van der Waals surface area contributed by atoms with Crippen LogP contribution in [-0.2, 0) is 9.53 Å². The molecule has 0 aliphatic heterocycles. The van der Waals surface area contributed by atoms with Crippen molar-refractivity contribution in [2.24, 2.45) is 5.92 Å². The molecule has 1 amide bonds. The van der Waals surface area contributed by atoms with E-state index in [0.717, 1.165) is 37.0 Å². The van der Waals surface area contributed by atoms with Crippen LogP contribution in [0.15, 0.2) is 36.5 Å². The maximum absolute atomic E-state index is 12.4. The molecule has 2 aromatic rings. The number of pyridine rings is 1. The van der Waals surface area contributed by atoms with E-state index in [1.165, 1.54) is 0 Å². The lowest BCUT2D eigenvalue weighted by molar-refractivity contribution is -0.136. The highest BCUT2D eigenvalue weighted by Crippen LogP contribution is 2.26. The summed E-state index contributed by atoms with van der Waals surface area (Å²) >= 11 is 0. The lowest BCUT2D eigenvalue weighted by Gasteiger charge is -2.33. The molecule has 1 aliphatic rings. The smallest absolute Gasteiger partial charge is 0.340 e. The fraction of sp³-hybridized carbons (Fsp3) is 0.450. The molecule has 1 aromatic carbocycles. The minimum atomic E-state index is -0.511. The third-order valence-corrected chi connectivity index (χ3v) is 5.11. The van der Waals surface area contributed by atoms with Crippen molar-refractivity contribution in [3.63, 3.8) is 0 Å². The molecule has 1 fully saturated rings. The largest absolute Gasteiger partial charge is 0.452 e. The van der Waals surface area contributed by atoms with Gasteiger partial charge in [-0.05, 0) is 43.7 Å². The van der Waals surface area contributed by atoms with Gasteiger partial charge in [-0.25, -0.2) is 4.79 Å². The maximum atomic E-state index is 12.4. The molecule has 3 rings (SSSR count). The number of nitrogens with zero attached hydrogens (tertiary/aromatic N) is 2. The van der Waals surface area contributed by atoms with Crippen LogP contribution in [-0.4, -0.2) is 41.5 Å². The molecular formula is C20H24N2O3. The van der Waals surface area contributed by atoms with Gasteiger partial charge in [0.15, 0.2) is 6.61 Å². The van der Waals surface area contributed by atoms with Gasteiger partial charge in [0, 0.05) is 24.7 Å². The van der Waals surface area contributed by atoms with E-state index in [0.29, 0.717) is 11.1 Å². The molecule has 0 spiro atoms. The molecule has 0 bridgehead atoms. The van der Waals surface area contributed by atoms with E-state index < -0.39 is 5.97 Å². The summed E-state index contributed by atoms with van der Waals surface area (Å²) in [6, 6.07) is 9.32. The summed E-state index contributed by atoms with van der Waals surface area (Å²) in [5, 5.41) is 0.872. The zero-order valence-corrected chi connectivity index (χ0v) is 14.8. The topological polar surface area (TPSA) is 59.5 Å². The zero-order valence-electron chi connectivity index (χ0n) is 14.8. The average molecular weight is 340 g/mol. The fourth-order valence-electron chi connectivity index (χ4n) is 3.41. The lowest BCUT2D eigenvalue weighted by atomic mass is 9.87. The van der Waals surface area contributed by atoms with E-state index in [9.17, 15) is 9.59 Å². The first-order valence-electron chi connectivity index (χ1n) is 8.83. The summed E-state index contributed by atoms with van der Waals surface area (Å²) < 4.78 is 5.26. The molecule has 0 radical (unpaired) electrons. The number of likely N-dealkylation sites (N-methyl/N-ethyl adjacent to an activating group) is 1. The number of amides is 1. The summed E-state index contributed by atoms with van der Waals surface area (Å²) in [5.74, 6) is 0.0702. The van der Waals surface area contributed by atoms with Crippen LogP contribution in [0.3, 0.4) is 0 Å². The van der Waals surface area contributed by atoms with Crippen LogP contribution in [0.1, 0.15) is 43.0 Å². The molecule has 1 aliphatic carbocycles. The van der Waals surface area contributed by atoms with Crippen molar-refractivity contribution in [1.82, 2.24) is 9.88 Å². The van der Waals surface area contributed by atoms with Crippen LogP contribution < -0.4 is 0 Å². The summed E-state index contributed by atoms with van der Waals surface area (Å²) in [4.78, 5) is 30.7. The van der Waals surface area contributed by atoms with E-state index in [2.05, 4.69) is 11.9 Å². The first kappa shape index (κ1) is 17.4. The number of rotatable bonds is 4. The van der Waals surface area contributed by atoms with Crippen molar-refractivity contribution in [3.8, 4) is 0 Å². The fourth-order valence-corrected chi connectivity index (χ4v) is 3.41. The van der Waals surface area contributed by atoms with Crippen molar-refractivity contribution >= 4 is 22.8 Å². The zero-order chi connectivity index (χ0) is 17.8. The number of para-hydroxylation sites is 1. The van der Waals surface area contributed by atoms with E-state index in [1.54, 1.807) is 30.3 Å². The van der Waals surface area contributed by atoms with Crippen LogP contribution in [0, 0.1) is 5.92 Å². The number of fused-ring (bicyclic) bond motifs is 1. The number of ether oxygens (including phenoxy) is 1. The molecule has 0 atom stereocenters. The van der Waals surface area contributed by atoms with Crippen LogP contribution >= 0.6 is 0 Å². The van der Waals surface area contributed by atoms with Crippen molar-refractivity contribution in [1.29, 1.82) is 0 Å². The van der Waals surface area contributed by atoms with Crippen molar-refractivity contribution in [3.05, 3.63) is 42.1 Å². The highest BCUT2D eigenvalue weighted by molar-refractivity contribution is 6.03. The molecule has 5 heteroatoms. The standard InChI is InChI=1S/C20H24N2O3/c1-14-8-10-16(11-9-14)22(2)18(23)13-25-20(24)17-7-3-5-15-6-4-12-21-19(15)17/h3-7,12,14,16H,8-11,13H2,1-2H3. The third kappa shape index (κ3) is 3.98. The van der Waals surface area contributed by atoms with Gasteiger partial charge in [0.05, 0.1) is 11.1 Å². The summed E-state index contributed by atoms with van der Waals surface area (Å²) in [6.07, 6.45) is 5.96. The normalized spacial score (nSPS) is 20.2. The highest BCUT2D eigenvalue weighted by Gasteiger charge is 2.25. The summed E-state index contributed by atoms with van der Waals surface area (Å²) in [7, 11) is 1.80. The van der Waals surface area contributed by atoms with Gasteiger partial charge in [-0.1, -0.05) is 25.1 Å². The van der Waals surface area contributed by atoms with Gasteiger partial charge >= 0.3 is 5.97 Å².